The lowest BCUT2D eigenvalue weighted by molar-refractivity contribution is -0.0458. The summed E-state index contributed by atoms with van der Waals surface area (Å²) in [4.78, 5) is 15.1. The monoisotopic (exact) mass is 229 g/mol. The molecule has 1 fully saturated rings. The Kier molecular flexibility index (Phi) is 2.28. The smallest absolute Gasteiger partial charge is 0.351 e. The molecule has 3 atom stereocenters. The summed E-state index contributed by atoms with van der Waals surface area (Å²) in [6.45, 7) is -0.547. The van der Waals surface area contributed by atoms with Gasteiger partial charge < -0.3 is 20.7 Å². The summed E-state index contributed by atoms with van der Waals surface area (Å²) in [5.41, 5.74) is 4.54. The van der Waals surface area contributed by atoms with Gasteiger partial charge in [-0.25, -0.2) is 4.79 Å². The van der Waals surface area contributed by atoms with Crippen LogP contribution < -0.4 is 11.4 Å². The standard InChI is InChI=1S/C9H13N3O4/c10-7-1-2-12(9(15)11-7)8-3-5(14)6(4-13)16-8/h1-2,5-6,8,13-14H,3-4H2,(H2,10,11,15)/t5-,6+,8+/m0/s1/i3D2. The van der Waals surface area contributed by atoms with Gasteiger partial charge in [0.25, 0.3) is 0 Å². The largest absolute Gasteiger partial charge is 0.394 e. The second-order valence-electron chi connectivity index (χ2n) is 3.36. The normalized spacial score (nSPS) is 34.5. The number of aliphatic hydroxyl groups excluding tert-OH is 2. The molecule has 0 aromatic carbocycles. The summed E-state index contributed by atoms with van der Waals surface area (Å²) in [7, 11) is 0. The lowest BCUT2D eigenvalue weighted by atomic mass is 10.2. The number of nitrogens with zero attached hydrogens (tertiary/aromatic N) is 2. The van der Waals surface area contributed by atoms with Gasteiger partial charge in [0.15, 0.2) is 0 Å². The van der Waals surface area contributed by atoms with Gasteiger partial charge in [0, 0.05) is 15.3 Å². The van der Waals surface area contributed by atoms with Crippen molar-refractivity contribution in [2.75, 3.05) is 12.3 Å². The van der Waals surface area contributed by atoms with Crippen LogP contribution in [0.5, 0.6) is 0 Å². The van der Waals surface area contributed by atoms with E-state index in [9.17, 15) is 9.90 Å². The maximum absolute atomic E-state index is 11.6. The molecule has 7 nitrogen and oxygen atoms in total. The molecule has 2 rings (SSSR count). The third kappa shape index (κ3) is 1.92. The number of aliphatic hydroxyl groups is 2. The first-order valence-electron chi connectivity index (χ1n) is 5.67. The predicted octanol–water partition coefficient (Wildman–Crippen LogP) is -1.53. The molecule has 1 aliphatic heterocycles. The summed E-state index contributed by atoms with van der Waals surface area (Å²) in [5, 5.41) is 18.6. The number of aromatic nitrogens is 2. The van der Waals surface area contributed by atoms with Gasteiger partial charge in [-0.3, -0.25) is 4.57 Å². The van der Waals surface area contributed by atoms with Crippen molar-refractivity contribution in [3.8, 4) is 0 Å². The van der Waals surface area contributed by atoms with Crippen LogP contribution >= 0.6 is 0 Å². The van der Waals surface area contributed by atoms with E-state index in [1.54, 1.807) is 0 Å². The minimum atomic E-state index is -2.21. The second-order valence-corrected chi connectivity index (χ2v) is 3.36. The molecule has 88 valence electrons. The van der Waals surface area contributed by atoms with Crippen molar-refractivity contribution in [1.82, 2.24) is 9.55 Å². The first kappa shape index (κ1) is 8.68. The number of hydrogen-bond acceptors (Lipinski definition) is 6. The van der Waals surface area contributed by atoms with Crippen molar-refractivity contribution < 1.29 is 17.7 Å². The zero-order valence-corrected chi connectivity index (χ0v) is 8.28. The van der Waals surface area contributed by atoms with Crippen molar-refractivity contribution in [3.63, 3.8) is 0 Å². The van der Waals surface area contributed by atoms with Gasteiger partial charge in [0.2, 0.25) is 0 Å². The third-order valence-corrected chi connectivity index (χ3v) is 2.25. The molecule has 1 aromatic rings. The van der Waals surface area contributed by atoms with E-state index >= 15 is 0 Å². The van der Waals surface area contributed by atoms with Gasteiger partial charge in [-0.05, 0) is 6.07 Å². The minimum absolute atomic E-state index is 0.00839. The van der Waals surface area contributed by atoms with Gasteiger partial charge in [-0.2, -0.15) is 4.98 Å². The van der Waals surface area contributed by atoms with Gasteiger partial charge in [-0.1, -0.05) is 0 Å². The quantitative estimate of drug-likeness (QED) is 0.567. The van der Waals surface area contributed by atoms with E-state index in [-0.39, 0.29) is 5.82 Å². The van der Waals surface area contributed by atoms with Gasteiger partial charge in [-0.15, -0.1) is 0 Å². The van der Waals surface area contributed by atoms with Crippen LogP contribution in [0, 0.1) is 0 Å². The Labute approximate surface area is 93.9 Å². The molecule has 1 saturated heterocycles. The Balaban J connectivity index is 2.42. The molecule has 0 unspecified atom stereocenters. The highest BCUT2D eigenvalue weighted by Gasteiger charge is 2.34. The van der Waals surface area contributed by atoms with Crippen molar-refractivity contribution in [3.05, 3.63) is 22.7 Å². The molecule has 0 aliphatic carbocycles. The number of nitrogens with two attached hydrogens (primary N) is 1. The molecule has 0 amide bonds. The first-order chi connectivity index (χ1) is 8.37. The molecule has 2 heterocycles. The van der Waals surface area contributed by atoms with E-state index in [0.717, 1.165) is 4.57 Å². The predicted molar refractivity (Wildman–Crippen MR) is 54.5 cm³/mol. The minimum Gasteiger partial charge on any atom is -0.394 e. The average molecular weight is 229 g/mol. The average Bonchev–Trinajstić information content (AvgIpc) is 2.52. The van der Waals surface area contributed by atoms with Crippen LogP contribution in [0.3, 0.4) is 0 Å². The van der Waals surface area contributed by atoms with Crippen LogP contribution in [0.2, 0.25) is 0 Å². The van der Waals surface area contributed by atoms with E-state index in [2.05, 4.69) is 4.98 Å². The van der Waals surface area contributed by atoms with Crippen LogP contribution in [0.15, 0.2) is 17.1 Å². The molecule has 0 radical (unpaired) electrons. The van der Waals surface area contributed by atoms with E-state index in [1.807, 2.05) is 0 Å². The zero-order valence-electron chi connectivity index (χ0n) is 10.3. The number of nitrogen functional groups attached to an aromatic ring is 1. The molecule has 7 heteroatoms. The fourth-order valence-electron chi connectivity index (χ4n) is 1.43. The maximum Gasteiger partial charge on any atom is 0.351 e. The lowest BCUT2D eigenvalue weighted by Crippen LogP contribution is -2.27. The van der Waals surface area contributed by atoms with E-state index in [1.165, 1.54) is 12.3 Å². The summed E-state index contributed by atoms with van der Waals surface area (Å²) in [6.07, 6.45) is -4.95. The Morgan fingerprint density at radius 3 is 3.12 bits per heavy atom. The Morgan fingerprint density at radius 2 is 2.56 bits per heavy atom. The van der Waals surface area contributed by atoms with Gasteiger partial charge in [0.1, 0.15) is 18.1 Å². The summed E-state index contributed by atoms with van der Waals surface area (Å²) in [5.74, 6) is 0.00839. The fourth-order valence-corrected chi connectivity index (χ4v) is 1.43. The molecule has 1 aliphatic rings. The molecule has 0 bridgehead atoms. The van der Waals surface area contributed by atoms with Crippen LogP contribution in [-0.2, 0) is 4.74 Å². The van der Waals surface area contributed by atoms with Crippen LogP contribution in [0.1, 0.15) is 15.3 Å². The first-order valence-corrected chi connectivity index (χ1v) is 4.67. The summed E-state index contributed by atoms with van der Waals surface area (Å²) < 4.78 is 21.5. The second kappa shape index (κ2) is 4.20. The molecule has 0 saturated carbocycles. The molecule has 4 N–H and O–H groups in total. The zero-order chi connectivity index (χ0) is 13.5. The topological polar surface area (TPSA) is 111 Å². The number of hydrogen-bond donors (Lipinski definition) is 3. The molecule has 16 heavy (non-hydrogen) atoms. The SMILES string of the molecule is [2H]C1([2H])[C@H](O)[C@@H](CO)O[C@H]1n1ccc(N)nc1=O. The Hall–Kier alpha value is -1.44. The van der Waals surface area contributed by atoms with Crippen molar-refractivity contribution in [2.45, 2.75) is 24.8 Å². The highest BCUT2D eigenvalue weighted by molar-refractivity contribution is 5.23. The maximum atomic E-state index is 11.6. The van der Waals surface area contributed by atoms with Gasteiger partial charge in [0.05, 0.1) is 12.7 Å². The number of ether oxygens (including phenoxy) is 1. The number of anilines is 1. The Bertz CT molecular complexity index is 507. The third-order valence-electron chi connectivity index (χ3n) is 2.25. The summed E-state index contributed by atoms with van der Waals surface area (Å²) in [6, 6.07) is 1.32. The van der Waals surface area contributed by atoms with Crippen molar-refractivity contribution >= 4 is 5.82 Å². The molecular weight excluding hydrogens is 214 g/mol. The molecule has 1 aromatic heterocycles. The summed E-state index contributed by atoms with van der Waals surface area (Å²) >= 11 is 0. The van der Waals surface area contributed by atoms with Crippen LogP contribution in [0.25, 0.3) is 0 Å². The van der Waals surface area contributed by atoms with Gasteiger partial charge >= 0.3 is 5.69 Å². The van der Waals surface area contributed by atoms with Crippen molar-refractivity contribution in [1.29, 1.82) is 0 Å². The Morgan fingerprint density at radius 1 is 1.81 bits per heavy atom. The molecule has 0 spiro atoms. The fraction of sp³-hybridized carbons (Fsp3) is 0.556. The van der Waals surface area contributed by atoms with Crippen LogP contribution in [-0.4, -0.2) is 38.6 Å². The van der Waals surface area contributed by atoms with E-state index in [0.29, 0.717) is 0 Å². The molecular formula is C9H13N3O4. The highest BCUT2D eigenvalue weighted by atomic mass is 16.5. The van der Waals surface area contributed by atoms with E-state index < -0.39 is 37.1 Å². The van der Waals surface area contributed by atoms with Crippen molar-refractivity contribution in [2.24, 2.45) is 0 Å². The van der Waals surface area contributed by atoms with E-state index in [4.69, 9.17) is 18.3 Å². The lowest BCUT2D eigenvalue weighted by Gasteiger charge is -2.13. The van der Waals surface area contributed by atoms with Crippen LogP contribution in [0.4, 0.5) is 5.82 Å². The highest BCUT2D eigenvalue weighted by Crippen LogP contribution is 2.27. The number of rotatable bonds is 2.